The SMILES string of the molecule is c1ccc(-c2ccc(N(c3ccc(-c4ccccc4)cc3)c3ccc(-c4cc(-c5ccccc5)c5sc6c(-c7ccccc7)cc(-c7ccccc7)cc6c5c4)cc3)cc2)cc1. The van der Waals surface area contributed by atoms with Crippen molar-refractivity contribution in [2.24, 2.45) is 0 Å². The normalized spacial score (nSPS) is 11.2. The van der Waals surface area contributed by atoms with E-state index in [1.165, 1.54) is 86.9 Å². The molecular weight excluding hydrogens is 767 g/mol. The summed E-state index contributed by atoms with van der Waals surface area (Å²) in [4.78, 5) is 2.36. The van der Waals surface area contributed by atoms with Gasteiger partial charge in [-0.3, -0.25) is 0 Å². The standard InChI is InChI=1S/C60H41NS/c1-6-16-42(17-7-1)45-26-32-52(33-27-45)61(53-34-28-46(29-35-53)43-18-8-2-9-19-43)54-36-30-47(31-37-54)51-39-56(49-24-14-5-15-25-49)60-58(41-51)57-40-50(44-20-10-3-11-21-44)38-55(59(57)62-60)48-22-12-4-13-23-48/h1-41H. The molecule has 0 saturated heterocycles. The predicted molar refractivity (Wildman–Crippen MR) is 267 cm³/mol. The second-order valence-corrected chi connectivity index (χ2v) is 16.7. The fourth-order valence-corrected chi connectivity index (χ4v) is 10.1. The van der Waals surface area contributed by atoms with Gasteiger partial charge < -0.3 is 4.90 Å². The van der Waals surface area contributed by atoms with Crippen LogP contribution in [-0.4, -0.2) is 0 Å². The minimum absolute atomic E-state index is 1.10. The monoisotopic (exact) mass is 807 g/mol. The minimum Gasteiger partial charge on any atom is -0.311 e. The lowest BCUT2D eigenvalue weighted by molar-refractivity contribution is 1.28. The molecule has 0 fully saturated rings. The van der Waals surface area contributed by atoms with Crippen LogP contribution < -0.4 is 4.90 Å². The van der Waals surface area contributed by atoms with Gasteiger partial charge in [0.05, 0.1) is 0 Å². The maximum atomic E-state index is 2.42. The summed E-state index contributed by atoms with van der Waals surface area (Å²) in [7, 11) is 0. The van der Waals surface area contributed by atoms with Gasteiger partial charge in [0.25, 0.3) is 0 Å². The Kier molecular flexibility index (Phi) is 9.82. The van der Waals surface area contributed by atoms with Crippen LogP contribution in [-0.2, 0) is 0 Å². The van der Waals surface area contributed by atoms with Gasteiger partial charge in [-0.1, -0.05) is 188 Å². The maximum Gasteiger partial charge on any atom is 0.0462 e. The van der Waals surface area contributed by atoms with Crippen molar-refractivity contribution in [1.82, 2.24) is 0 Å². The van der Waals surface area contributed by atoms with Crippen LogP contribution in [0, 0.1) is 0 Å². The molecule has 0 aliphatic rings. The van der Waals surface area contributed by atoms with Crippen LogP contribution in [0.3, 0.4) is 0 Å². The molecule has 1 aromatic heterocycles. The van der Waals surface area contributed by atoms with Crippen LogP contribution in [0.5, 0.6) is 0 Å². The van der Waals surface area contributed by atoms with E-state index in [0.717, 1.165) is 17.1 Å². The van der Waals surface area contributed by atoms with Crippen LogP contribution in [0.4, 0.5) is 17.1 Å². The number of hydrogen-bond donors (Lipinski definition) is 0. The van der Waals surface area contributed by atoms with Gasteiger partial charge >= 0.3 is 0 Å². The predicted octanol–water partition coefficient (Wildman–Crippen LogP) is 17.5. The highest BCUT2D eigenvalue weighted by molar-refractivity contribution is 7.27. The molecule has 2 heteroatoms. The zero-order valence-electron chi connectivity index (χ0n) is 34.0. The quantitative estimate of drug-likeness (QED) is 0.140. The van der Waals surface area contributed by atoms with E-state index < -0.39 is 0 Å². The summed E-state index contributed by atoms with van der Waals surface area (Å²) in [5.74, 6) is 0. The van der Waals surface area contributed by atoms with Crippen molar-refractivity contribution in [3.63, 3.8) is 0 Å². The Morgan fingerprint density at radius 1 is 0.226 bits per heavy atom. The Labute approximate surface area is 367 Å². The fraction of sp³-hybridized carbons (Fsp3) is 0. The highest BCUT2D eigenvalue weighted by Gasteiger charge is 2.19. The van der Waals surface area contributed by atoms with E-state index in [0.29, 0.717) is 0 Å². The zero-order chi connectivity index (χ0) is 41.2. The van der Waals surface area contributed by atoms with Crippen molar-refractivity contribution in [3.05, 3.63) is 249 Å². The van der Waals surface area contributed by atoms with Crippen molar-refractivity contribution in [2.75, 3.05) is 4.90 Å². The van der Waals surface area contributed by atoms with Gasteiger partial charge in [0.2, 0.25) is 0 Å². The van der Waals surface area contributed by atoms with Gasteiger partial charge in [-0.2, -0.15) is 0 Å². The molecule has 0 N–H and O–H groups in total. The van der Waals surface area contributed by atoms with Gasteiger partial charge in [-0.05, 0) is 116 Å². The second kappa shape index (κ2) is 16.3. The minimum atomic E-state index is 1.10. The number of anilines is 3. The maximum absolute atomic E-state index is 2.42. The molecule has 0 amide bonds. The molecule has 0 aliphatic heterocycles. The summed E-state index contributed by atoms with van der Waals surface area (Å²) < 4.78 is 2.61. The van der Waals surface area contributed by atoms with Crippen LogP contribution in [0.2, 0.25) is 0 Å². The van der Waals surface area contributed by atoms with Gasteiger partial charge in [0.1, 0.15) is 0 Å². The Bertz CT molecular complexity index is 3190. The summed E-state index contributed by atoms with van der Waals surface area (Å²) >= 11 is 1.91. The molecule has 10 aromatic carbocycles. The Morgan fingerprint density at radius 2 is 0.484 bits per heavy atom. The number of fused-ring (bicyclic) bond motifs is 3. The number of benzene rings is 10. The molecule has 0 saturated carbocycles. The lowest BCUT2D eigenvalue weighted by Gasteiger charge is -2.26. The molecule has 0 atom stereocenters. The Hall–Kier alpha value is -7.78. The molecule has 1 nitrogen and oxygen atoms in total. The van der Waals surface area contributed by atoms with Gasteiger partial charge in [0.15, 0.2) is 0 Å². The van der Waals surface area contributed by atoms with E-state index >= 15 is 0 Å². The topological polar surface area (TPSA) is 3.24 Å². The molecule has 1 heterocycles. The average molecular weight is 808 g/mol. The summed E-state index contributed by atoms with van der Waals surface area (Å²) in [5, 5.41) is 2.56. The fourth-order valence-electron chi connectivity index (χ4n) is 8.73. The first kappa shape index (κ1) is 37.2. The third-order valence-electron chi connectivity index (χ3n) is 11.9. The van der Waals surface area contributed by atoms with E-state index in [2.05, 4.69) is 254 Å². The summed E-state index contributed by atoms with van der Waals surface area (Å²) in [5.41, 5.74) is 17.9. The largest absolute Gasteiger partial charge is 0.311 e. The lowest BCUT2D eigenvalue weighted by atomic mass is 9.93. The van der Waals surface area contributed by atoms with Gasteiger partial charge in [-0.25, -0.2) is 0 Å². The average Bonchev–Trinajstić information content (AvgIpc) is 3.74. The van der Waals surface area contributed by atoms with E-state index in [1.807, 2.05) is 11.3 Å². The summed E-state index contributed by atoms with van der Waals surface area (Å²) in [6.07, 6.45) is 0. The van der Waals surface area contributed by atoms with Crippen LogP contribution >= 0.6 is 11.3 Å². The highest BCUT2D eigenvalue weighted by Crippen LogP contribution is 2.48. The van der Waals surface area contributed by atoms with Gasteiger partial charge in [-0.15, -0.1) is 11.3 Å². The molecule has 0 aliphatic carbocycles. The molecule has 62 heavy (non-hydrogen) atoms. The molecule has 0 spiro atoms. The summed E-state index contributed by atoms with van der Waals surface area (Å²) in [6, 6.07) is 90.2. The van der Waals surface area contributed by atoms with Crippen molar-refractivity contribution < 1.29 is 0 Å². The van der Waals surface area contributed by atoms with E-state index in [1.54, 1.807) is 0 Å². The number of thiophene rings is 1. The molecule has 292 valence electrons. The first-order valence-electron chi connectivity index (χ1n) is 21.2. The van der Waals surface area contributed by atoms with Crippen molar-refractivity contribution >= 4 is 48.6 Å². The number of nitrogens with zero attached hydrogens (tertiary/aromatic N) is 1. The van der Waals surface area contributed by atoms with Crippen molar-refractivity contribution in [3.8, 4) is 66.8 Å². The zero-order valence-corrected chi connectivity index (χ0v) is 34.8. The number of rotatable bonds is 9. The van der Waals surface area contributed by atoms with Crippen LogP contribution in [0.25, 0.3) is 86.9 Å². The first-order valence-corrected chi connectivity index (χ1v) is 22.0. The van der Waals surface area contributed by atoms with Crippen molar-refractivity contribution in [1.29, 1.82) is 0 Å². The Morgan fingerprint density at radius 3 is 0.806 bits per heavy atom. The third kappa shape index (κ3) is 7.17. The Balaban J connectivity index is 1.05. The van der Waals surface area contributed by atoms with E-state index in [9.17, 15) is 0 Å². The van der Waals surface area contributed by atoms with Gasteiger partial charge in [0, 0.05) is 48.4 Å². The molecular formula is C60H41NS. The molecule has 0 bridgehead atoms. The molecule has 0 radical (unpaired) electrons. The van der Waals surface area contributed by atoms with E-state index in [4.69, 9.17) is 0 Å². The molecule has 11 aromatic rings. The molecule has 0 unspecified atom stereocenters. The third-order valence-corrected chi connectivity index (χ3v) is 13.2. The van der Waals surface area contributed by atoms with Crippen LogP contribution in [0.15, 0.2) is 249 Å². The number of hydrogen-bond acceptors (Lipinski definition) is 2. The smallest absolute Gasteiger partial charge is 0.0462 e. The van der Waals surface area contributed by atoms with Crippen molar-refractivity contribution in [2.45, 2.75) is 0 Å². The van der Waals surface area contributed by atoms with Crippen LogP contribution in [0.1, 0.15) is 0 Å². The molecule has 11 rings (SSSR count). The summed E-state index contributed by atoms with van der Waals surface area (Å²) in [6.45, 7) is 0. The first-order chi connectivity index (χ1) is 30.7. The van der Waals surface area contributed by atoms with E-state index in [-0.39, 0.29) is 0 Å². The highest BCUT2D eigenvalue weighted by atomic mass is 32.1. The second-order valence-electron chi connectivity index (χ2n) is 15.7. The lowest BCUT2D eigenvalue weighted by Crippen LogP contribution is -2.09.